The molecule has 4 rings (SSSR count). The molecule has 1 amide bonds. The Morgan fingerprint density at radius 2 is 1.72 bits per heavy atom. The summed E-state index contributed by atoms with van der Waals surface area (Å²) in [5.74, 6) is 0.0239. The number of aryl methyl sites for hydroxylation is 1. The monoisotopic (exact) mass is 386 g/mol. The van der Waals surface area contributed by atoms with Crippen molar-refractivity contribution >= 4 is 22.6 Å². The van der Waals surface area contributed by atoms with Crippen LogP contribution >= 0.6 is 0 Å². The molecule has 1 heterocycles. The minimum Gasteiger partial charge on any atom is -0.459 e. The Labute approximate surface area is 166 Å². The van der Waals surface area contributed by atoms with Gasteiger partial charge in [0.1, 0.15) is 22.9 Å². The SMILES string of the molecule is Cc1cccc(C(=O)N[C@@H](c2ccccc2)c2cc3ccccc3o2)c1[N+](=O)[O-]. The number of hydrogen-bond acceptors (Lipinski definition) is 4. The summed E-state index contributed by atoms with van der Waals surface area (Å²) in [6.07, 6.45) is 0. The number of benzene rings is 3. The number of rotatable bonds is 5. The summed E-state index contributed by atoms with van der Waals surface area (Å²) >= 11 is 0. The van der Waals surface area contributed by atoms with Gasteiger partial charge in [-0.15, -0.1) is 0 Å². The molecule has 0 saturated carbocycles. The fourth-order valence-electron chi connectivity index (χ4n) is 3.40. The van der Waals surface area contributed by atoms with Crippen molar-refractivity contribution in [1.82, 2.24) is 5.32 Å². The highest BCUT2D eigenvalue weighted by Crippen LogP contribution is 2.30. The van der Waals surface area contributed by atoms with Crippen molar-refractivity contribution in [3.05, 3.63) is 111 Å². The molecule has 29 heavy (non-hydrogen) atoms. The van der Waals surface area contributed by atoms with Gasteiger partial charge in [-0.3, -0.25) is 14.9 Å². The van der Waals surface area contributed by atoms with Crippen LogP contribution in [0.2, 0.25) is 0 Å². The maximum atomic E-state index is 13.0. The van der Waals surface area contributed by atoms with E-state index in [9.17, 15) is 14.9 Å². The summed E-state index contributed by atoms with van der Waals surface area (Å²) in [5.41, 5.74) is 1.78. The van der Waals surface area contributed by atoms with Crippen molar-refractivity contribution in [1.29, 1.82) is 0 Å². The van der Waals surface area contributed by atoms with E-state index < -0.39 is 16.9 Å². The predicted octanol–water partition coefficient (Wildman–Crippen LogP) is 5.17. The number of furan rings is 1. The fourth-order valence-corrected chi connectivity index (χ4v) is 3.40. The van der Waals surface area contributed by atoms with Gasteiger partial charge in [0.15, 0.2) is 0 Å². The van der Waals surface area contributed by atoms with Crippen molar-refractivity contribution in [2.75, 3.05) is 0 Å². The van der Waals surface area contributed by atoms with Crippen LogP contribution in [0.3, 0.4) is 0 Å². The number of nitro benzene ring substituents is 1. The number of para-hydroxylation sites is 2. The summed E-state index contributed by atoms with van der Waals surface area (Å²) in [4.78, 5) is 24.0. The summed E-state index contributed by atoms with van der Waals surface area (Å²) in [5, 5.41) is 15.3. The second-order valence-corrected chi connectivity index (χ2v) is 6.73. The minimum atomic E-state index is -0.587. The van der Waals surface area contributed by atoms with Gasteiger partial charge < -0.3 is 9.73 Å². The van der Waals surface area contributed by atoms with Gasteiger partial charge in [0.25, 0.3) is 11.6 Å². The van der Waals surface area contributed by atoms with Crippen LogP contribution in [-0.4, -0.2) is 10.8 Å². The Hall–Kier alpha value is -3.93. The second kappa shape index (κ2) is 7.59. The molecule has 1 atom stereocenters. The van der Waals surface area contributed by atoms with E-state index in [1.54, 1.807) is 19.1 Å². The zero-order valence-electron chi connectivity index (χ0n) is 15.7. The third-order valence-electron chi connectivity index (χ3n) is 4.80. The Morgan fingerprint density at radius 1 is 1.00 bits per heavy atom. The Balaban J connectivity index is 1.76. The van der Waals surface area contributed by atoms with Crippen LogP contribution in [0, 0.1) is 17.0 Å². The fraction of sp³-hybridized carbons (Fsp3) is 0.0870. The van der Waals surface area contributed by atoms with E-state index >= 15 is 0 Å². The van der Waals surface area contributed by atoms with Crippen LogP contribution in [0.25, 0.3) is 11.0 Å². The lowest BCUT2D eigenvalue weighted by atomic mass is 10.0. The van der Waals surface area contributed by atoms with Crippen LogP contribution in [0.4, 0.5) is 5.69 Å². The van der Waals surface area contributed by atoms with E-state index in [-0.39, 0.29) is 11.3 Å². The quantitative estimate of drug-likeness (QED) is 0.379. The van der Waals surface area contributed by atoms with Gasteiger partial charge in [0.2, 0.25) is 0 Å². The maximum absolute atomic E-state index is 13.0. The largest absolute Gasteiger partial charge is 0.459 e. The van der Waals surface area contributed by atoms with Gasteiger partial charge in [-0.2, -0.15) is 0 Å². The molecule has 6 heteroatoms. The molecule has 0 unspecified atom stereocenters. The molecule has 1 N–H and O–H groups in total. The number of hydrogen-bond donors (Lipinski definition) is 1. The molecule has 0 spiro atoms. The lowest BCUT2D eigenvalue weighted by Crippen LogP contribution is -2.29. The summed E-state index contributed by atoms with van der Waals surface area (Å²) in [6.45, 7) is 1.61. The first-order valence-corrected chi connectivity index (χ1v) is 9.13. The summed E-state index contributed by atoms with van der Waals surface area (Å²) in [7, 11) is 0. The number of nitro groups is 1. The van der Waals surface area contributed by atoms with E-state index in [1.165, 1.54) is 6.07 Å². The van der Waals surface area contributed by atoms with Gasteiger partial charge in [0.05, 0.1) is 4.92 Å². The molecule has 0 aliphatic heterocycles. The third kappa shape index (κ3) is 3.60. The molecule has 1 aromatic heterocycles. The first-order valence-electron chi connectivity index (χ1n) is 9.13. The molecule has 144 valence electrons. The molecule has 4 aromatic rings. The minimum absolute atomic E-state index is 0.0204. The topological polar surface area (TPSA) is 85.4 Å². The van der Waals surface area contributed by atoms with Gasteiger partial charge in [-0.05, 0) is 30.7 Å². The molecule has 0 radical (unpaired) electrons. The van der Waals surface area contributed by atoms with Crippen LogP contribution in [-0.2, 0) is 0 Å². The molecule has 0 aliphatic rings. The molecule has 0 saturated heterocycles. The third-order valence-corrected chi connectivity index (χ3v) is 4.80. The summed E-state index contributed by atoms with van der Waals surface area (Å²) in [6, 6.07) is 22.9. The Kier molecular flexibility index (Phi) is 4.83. The molecule has 6 nitrogen and oxygen atoms in total. The lowest BCUT2D eigenvalue weighted by Gasteiger charge is -2.17. The normalized spacial score (nSPS) is 11.9. The number of carbonyl (C=O) groups excluding carboxylic acids is 1. The highest BCUT2D eigenvalue weighted by Gasteiger charge is 2.27. The van der Waals surface area contributed by atoms with Gasteiger partial charge in [-0.1, -0.05) is 60.7 Å². The van der Waals surface area contributed by atoms with Crippen LogP contribution in [0.15, 0.2) is 83.3 Å². The Morgan fingerprint density at radius 3 is 2.45 bits per heavy atom. The maximum Gasteiger partial charge on any atom is 0.285 e. The number of amides is 1. The first kappa shape index (κ1) is 18.4. The van der Waals surface area contributed by atoms with Crippen molar-refractivity contribution in [2.24, 2.45) is 0 Å². The smallest absolute Gasteiger partial charge is 0.285 e. The van der Waals surface area contributed by atoms with E-state index in [4.69, 9.17) is 4.42 Å². The van der Waals surface area contributed by atoms with Crippen LogP contribution in [0.1, 0.15) is 33.3 Å². The molecule has 3 aromatic carbocycles. The zero-order chi connectivity index (χ0) is 20.4. The molecule has 0 bridgehead atoms. The van der Waals surface area contributed by atoms with E-state index in [0.29, 0.717) is 16.9 Å². The zero-order valence-corrected chi connectivity index (χ0v) is 15.7. The second-order valence-electron chi connectivity index (χ2n) is 6.73. The number of nitrogens with one attached hydrogen (secondary N) is 1. The highest BCUT2D eigenvalue weighted by molar-refractivity contribution is 5.99. The molecule has 0 aliphatic carbocycles. The standard InChI is InChI=1S/C23H18N2O4/c1-15-8-7-12-18(22(15)25(27)28)23(26)24-21(16-9-3-2-4-10-16)20-14-17-11-5-6-13-19(17)29-20/h2-14,21H,1H3,(H,24,26)/t21-/m0/s1. The van der Waals surface area contributed by atoms with Crippen LogP contribution < -0.4 is 5.32 Å². The molecular weight excluding hydrogens is 368 g/mol. The lowest BCUT2D eigenvalue weighted by molar-refractivity contribution is -0.385. The van der Waals surface area contributed by atoms with E-state index in [2.05, 4.69) is 5.32 Å². The number of carbonyl (C=O) groups is 1. The van der Waals surface area contributed by atoms with Crippen molar-refractivity contribution < 1.29 is 14.1 Å². The van der Waals surface area contributed by atoms with E-state index in [0.717, 1.165) is 10.9 Å². The average molecular weight is 386 g/mol. The first-order chi connectivity index (χ1) is 14.0. The van der Waals surface area contributed by atoms with Crippen LogP contribution in [0.5, 0.6) is 0 Å². The van der Waals surface area contributed by atoms with Gasteiger partial charge in [-0.25, -0.2) is 0 Å². The predicted molar refractivity (Wildman–Crippen MR) is 110 cm³/mol. The highest BCUT2D eigenvalue weighted by atomic mass is 16.6. The van der Waals surface area contributed by atoms with Gasteiger partial charge >= 0.3 is 0 Å². The van der Waals surface area contributed by atoms with E-state index in [1.807, 2.05) is 60.7 Å². The van der Waals surface area contributed by atoms with Crippen molar-refractivity contribution in [3.63, 3.8) is 0 Å². The number of fused-ring (bicyclic) bond motifs is 1. The average Bonchev–Trinajstić information content (AvgIpc) is 3.16. The molecular formula is C23H18N2O4. The number of nitrogens with zero attached hydrogens (tertiary/aromatic N) is 1. The van der Waals surface area contributed by atoms with Crippen molar-refractivity contribution in [3.8, 4) is 0 Å². The van der Waals surface area contributed by atoms with Gasteiger partial charge in [0, 0.05) is 10.9 Å². The van der Waals surface area contributed by atoms with Crippen molar-refractivity contribution in [2.45, 2.75) is 13.0 Å². The molecule has 0 fully saturated rings. The summed E-state index contributed by atoms with van der Waals surface area (Å²) < 4.78 is 5.97. The Bertz CT molecular complexity index is 1160.